The third kappa shape index (κ3) is 3.98. The van der Waals surface area contributed by atoms with E-state index in [0.717, 1.165) is 5.56 Å². The Morgan fingerprint density at radius 3 is 2.64 bits per heavy atom. The maximum absolute atomic E-state index is 12.3. The molecular formula is C19H18N2O4. The van der Waals surface area contributed by atoms with Crippen LogP contribution in [-0.2, 0) is 11.2 Å². The van der Waals surface area contributed by atoms with Crippen LogP contribution in [0, 0.1) is 0 Å². The Balaban J connectivity index is 1.68. The van der Waals surface area contributed by atoms with Gasteiger partial charge >= 0.3 is 0 Å². The summed E-state index contributed by atoms with van der Waals surface area (Å²) in [6.07, 6.45) is 1.60. The van der Waals surface area contributed by atoms with E-state index in [9.17, 15) is 4.79 Å². The van der Waals surface area contributed by atoms with Crippen LogP contribution < -0.4 is 14.8 Å². The van der Waals surface area contributed by atoms with E-state index < -0.39 is 0 Å². The number of methoxy groups -OCH3 is 2. The van der Waals surface area contributed by atoms with Crippen LogP contribution in [0.2, 0.25) is 0 Å². The molecule has 0 aliphatic heterocycles. The Morgan fingerprint density at radius 2 is 1.92 bits per heavy atom. The summed E-state index contributed by atoms with van der Waals surface area (Å²) >= 11 is 0. The van der Waals surface area contributed by atoms with Crippen molar-refractivity contribution in [2.45, 2.75) is 6.42 Å². The average Bonchev–Trinajstić information content (AvgIpc) is 3.11. The van der Waals surface area contributed by atoms with Crippen molar-refractivity contribution in [3.63, 3.8) is 0 Å². The van der Waals surface area contributed by atoms with E-state index >= 15 is 0 Å². The molecule has 0 saturated heterocycles. The number of nitrogens with zero attached hydrogens (tertiary/aromatic N) is 1. The molecule has 0 atom stereocenters. The zero-order valence-electron chi connectivity index (χ0n) is 14.0. The lowest BCUT2D eigenvalue weighted by Crippen LogP contribution is -2.15. The summed E-state index contributed by atoms with van der Waals surface area (Å²) in [7, 11) is 3.11. The second-order valence-electron chi connectivity index (χ2n) is 5.30. The van der Waals surface area contributed by atoms with Gasteiger partial charge in [-0.25, -0.2) is 4.98 Å². The highest BCUT2D eigenvalue weighted by Crippen LogP contribution is 2.29. The third-order valence-electron chi connectivity index (χ3n) is 3.60. The molecule has 0 unspecified atom stereocenters. The van der Waals surface area contributed by atoms with Gasteiger partial charge in [0.1, 0.15) is 17.8 Å². The van der Waals surface area contributed by atoms with Crippen molar-refractivity contribution in [1.82, 2.24) is 4.98 Å². The quantitative estimate of drug-likeness (QED) is 0.744. The number of hydrogen-bond donors (Lipinski definition) is 1. The first-order valence-corrected chi connectivity index (χ1v) is 7.71. The summed E-state index contributed by atoms with van der Waals surface area (Å²) in [5, 5.41) is 2.81. The molecule has 2 aromatic carbocycles. The minimum Gasteiger partial charge on any atom is -0.497 e. The van der Waals surface area contributed by atoms with Gasteiger partial charge in [-0.3, -0.25) is 4.79 Å². The minimum absolute atomic E-state index is 0.103. The first-order valence-electron chi connectivity index (χ1n) is 7.71. The molecular weight excluding hydrogens is 320 g/mol. The molecule has 0 bridgehead atoms. The number of anilines is 1. The molecule has 3 aromatic rings. The van der Waals surface area contributed by atoms with Crippen LogP contribution in [0.3, 0.4) is 0 Å². The molecule has 128 valence electrons. The van der Waals surface area contributed by atoms with Gasteiger partial charge in [-0.2, -0.15) is 0 Å². The van der Waals surface area contributed by atoms with E-state index in [0.29, 0.717) is 28.8 Å². The highest BCUT2D eigenvalue weighted by Gasteiger charge is 2.13. The van der Waals surface area contributed by atoms with Crippen LogP contribution in [0.25, 0.3) is 11.5 Å². The monoisotopic (exact) mass is 338 g/mol. The molecule has 1 N–H and O–H groups in total. The van der Waals surface area contributed by atoms with Crippen molar-refractivity contribution in [1.29, 1.82) is 0 Å². The smallest absolute Gasteiger partial charge is 0.230 e. The van der Waals surface area contributed by atoms with Gasteiger partial charge in [-0.05, 0) is 24.3 Å². The number of rotatable bonds is 6. The molecule has 1 aromatic heterocycles. The average molecular weight is 338 g/mol. The number of amides is 1. The second-order valence-corrected chi connectivity index (χ2v) is 5.30. The predicted molar refractivity (Wildman–Crippen MR) is 93.8 cm³/mol. The summed E-state index contributed by atoms with van der Waals surface area (Å²) in [6, 6.07) is 14.7. The summed E-state index contributed by atoms with van der Waals surface area (Å²) in [5.74, 6) is 1.46. The van der Waals surface area contributed by atoms with Gasteiger partial charge in [0.15, 0.2) is 0 Å². The number of oxazole rings is 1. The first-order chi connectivity index (χ1) is 12.2. The van der Waals surface area contributed by atoms with Crippen molar-refractivity contribution in [2.75, 3.05) is 19.5 Å². The van der Waals surface area contributed by atoms with Crippen LogP contribution in [-0.4, -0.2) is 25.1 Å². The van der Waals surface area contributed by atoms with Crippen LogP contribution in [0.5, 0.6) is 11.5 Å². The van der Waals surface area contributed by atoms with Gasteiger partial charge in [-0.15, -0.1) is 0 Å². The highest BCUT2D eigenvalue weighted by atomic mass is 16.5. The molecule has 0 radical (unpaired) electrons. The van der Waals surface area contributed by atoms with E-state index in [1.165, 1.54) is 13.4 Å². The summed E-state index contributed by atoms with van der Waals surface area (Å²) in [4.78, 5) is 16.6. The lowest BCUT2D eigenvalue weighted by atomic mass is 10.2. The van der Waals surface area contributed by atoms with Gasteiger partial charge in [0.25, 0.3) is 0 Å². The molecule has 6 nitrogen and oxygen atoms in total. The molecule has 0 aliphatic carbocycles. The van der Waals surface area contributed by atoms with E-state index in [2.05, 4.69) is 10.3 Å². The van der Waals surface area contributed by atoms with Gasteiger partial charge in [0.05, 0.1) is 32.0 Å². The Bertz CT molecular complexity index is 859. The lowest BCUT2D eigenvalue weighted by molar-refractivity contribution is -0.115. The standard InChI is InChI=1S/C19H18N2O4/c1-23-15-8-9-16(17(11-15)24-2)21-18(22)10-14-12-25-19(20-14)13-6-4-3-5-7-13/h3-9,11-12H,10H2,1-2H3,(H,21,22). The van der Waals surface area contributed by atoms with E-state index in [1.807, 2.05) is 30.3 Å². The molecule has 1 amide bonds. The van der Waals surface area contributed by atoms with E-state index in [4.69, 9.17) is 13.9 Å². The van der Waals surface area contributed by atoms with Crippen molar-refractivity contribution >= 4 is 11.6 Å². The zero-order chi connectivity index (χ0) is 17.6. The SMILES string of the molecule is COc1ccc(NC(=O)Cc2coc(-c3ccccc3)n2)c(OC)c1. The molecule has 3 rings (SSSR count). The van der Waals surface area contributed by atoms with Crippen LogP contribution in [0.1, 0.15) is 5.69 Å². The molecule has 1 heterocycles. The first kappa shape index (κ1) is 16.6. The Kier molecular flexibility index (Phi) is 4.99. The highest BCUT2D eigenvalue weighted by molar-refractivity contribution is 5.93. The summed E-state index contributed by atoms with van der Waals surface area (Å²) in [6.45, 7) is 0. The third-order valence-corrected chi connectivity index (χ3v) is 3.60. The topological polar surface area (TPSA) is 73.6 Å². The molecule has 6 heteroatoms. The van der Waals surface area contributed by atoms with Crippen molar-refractivity contribution in [3.05, 3.63) is 60.5 Å². The van der Waals surface area contributed by atoms with Gasteiger partial charge in [0.2, 0.25) is 11.8 Å². The van der Waals surface area contributed by atoms with Crippen LogP contribution in [0.15, 0.2) is 59.2 Å². The van der Waals surface area contributed by atoms with Crippen molar-refractivity contribution in [3.8, 4) is 23.0 Å². The number of carbonyl (C=O) groups excluding carboxylic acids is 1. The number of benzene rings is 2. The number of carbonyl (C=O) groups is 1. The fourth-order valence-electron chi connectivity index (χ4n) is 2.36. The normalized spacial score (nSPS) is 10.3. The molecule has 0 saturated carbocycles. The second kappa shape index (κ2) is 7.53. The maximum atomic E-state index is 12.3. The number of nitrogens with one attached hydrogen (secondary N) is 1. The van der Waals surface area contributed by atoms with E-state index in [-0.39, 0.29) is 12.3 Å². The number of ether oxygens (including phenoxy) is 2. The fraction of sp³-hybridized carbons (Fsp3) is 0.158. The zero-order valence-corrected chi connectivity index (χ0v) is 14.0. The lowest BCUT2D eigenvalue weighted by Gasteiger charge is -2.11. The maximum Gasteiger partial charge on any atom is 0.230 e. The number of hydrogen-bond acceptors (Lipinski definition) is 5. The Hall–Kier alpha value is -3.28. The summed E-state index contributed by atoms with van der Waals surface area (Å²) < 4.78 is 15.9. The summed E-state index contributed by atoms with van der Waals surface area (Å²) in [5.41, 5.74) is 2.00. The van der Waals surface area contributed by atoms with Gasteiger partial charge in [-0.1, -0.05) is 18.2 Å². The van der Waals surface area contributed by atoms with E-state index in [1.54, 1.807) is 25.3 Å². The fourth-order valence-corrected chi connectivity index (χ4v) is 2.36. The van der Waals surface area contributed by atoms with Crippen LogP contribution >= 0.6 is 0 Å². The van der Waals surface area contributed by atoms with Crippen molar-refractivity contribution < 1.29 is 18.7 Å². The molecule has 0 aliphatic rings. The van der Waals surface area contributed by atoms with Gasteiger partial charge < -0.3 is 19.2 Å². The Morgan fingerprint density at radius 1 is 1.12 bits per heavy atom. The van der Waals surface area contributed by atoms with Crippen molar-refractivity contribution in [2.24, 2.45) is 0 Å². The Labute approximate surface area is 145 Å². The molecule has 25 heavy (non-hydrogen) atoms. The molecule has 0 spiro atoms. The van der Waals surface area contributed by atoms with Gasteiger partial charge in [0, 0.05) is 11.6 Å². The minimum atomic E-state index is -0.212. The van der Waals surface area contributed by atoms with Crippen LogP contribution in [0.4, 0.5) is 5.69 Å². The predicted octanol–water partition coefficient (Wildman–Crippen LogP) is 3.54. The number of aromatic nitrogens is 1. The largest absolute Gasteiger partial charge is 0.497 e. The molecule has 0 fully saturated rings.